The van der Waals surface area contributed by atoms with Crippen LogP contribution in [0.1, 0.15) is 26.7 Å². The van der Waals surface area contributed by atoms with Crippen molar-refractivity contribution in [2.75, 3.05) is 0 Å². The van der Waals surface area contributed by atoms with E-state index in [2.05, 4.69) is 4.74 Å². The lowest BCUT2D eigenvalue weighted by molar-refractivity contribution is -0.368. The summed E-state index contributed by atoms with van der Waals surface area (Å²) in [6.07, 6.45) is -16.8. The Balaban J connectivity index is 2.81. The largest absolute Gasteiger partial charge is 0.423 e. The molecule has 1 aliphatic heterocycles. The van der Waals surface area contributed by atoms with Crippen molar-refractivity contribution in [2.24, 2.45) is 0 Å². The van der Waals surface area contributed by atoms with Crippen molar-refractivity contribution in [1.82, 2.24) is 5.06 Å². The highest BCUT2D eigenvalue weighted by Crippen LogP contribution is 2.40. The van der Waals surface area contributed by atoms with Crippen LogP contribution in [0.4, 0.5) is 26.3 Å². The summed E-state index contributed by atoms with van der Waals surface area (Å²) in [6, 6.07) is 0. The Labute approximate surface area is 99.3 Å². The summed E-state index contributed by atoms with van der Waals surface area (Å²) in [5.41, 5.74) is -1.02. The lowest BCUT2D eigenvalue weighted by atomic mass is 10.0. The van der Waals surface area contributed by atoms with Gasteiger partial charge in [-0.2, -0.15) is 26.3 Å². The number of hydrogen-bond acceptors (Lipinski definition) is 2. The number of hydrogen-bond donors (Lipinski definition) is 0. The highest BCUT2D eigenvalue weighted by Gasteiger charge is 2.60. The van der Waals surface area contributed by atoms with E-state index < -0.39 is 30.2 Å². The quantitative estimate of drug-likeness (QED) is 0.728. The summed E-state index contributed by atoms with van der Waals surface area (Å²) in [7, 11) is 0. The molecule has 1 unspecified atom stereocenters. The normalized spacial score (nSPS) is 26.0. The van der Waals surface area contributed by atoms with Gasteiger partial charge in [0.1, 0.15) is 6.23 Å². The maximum atomic E-state index is 12.2. The first kappa shape index (κ1) is 15.5. The third-order valence-corrected chi connectivity index (χ3v) is 2.75. The second kappa shape index (κ2) is 4.53. The first-order chi connectivity index (χ1) is 7.86. The SMILES string of the molecule is CC1(C)CCC(OC(C(F)(F)F)C(F)(F)F)N1[O]. The van der Waals surface area contributed by atoms with Crippen molar-refractivity contribution in [1.29, 1.82) is 0 Å². The van der Waals surface area contributed by atoms with E-state index in [0.717, 1.165) is 0 Å². The summed E-state index contributed by atoms with van der Waals surface area (Å²) in [4.78, 5) is 0. The van der Waals surface area contributed by atoms with E-state index in [1.807, 2.05) is 0 Å². The van der Waals surface area contributed by atoms with Crippen LogP contribution in [-0.2, 0) is 9.94 Å². The van der Waals surface area contributed by atoms with Gasteiger partial charge in [0.2, 0.25) is 0 Å². The van der Waals surface area contributed by atoms with E-state index >= 15 is 0 Å². The van der Waals surface area contributed by atoms with Gasteiger partial charge in [-0.15, -0.1) is 10.3 Å². The van der Waals surface area contributed by atoms with Crippen molar-refractivity contribution >= 4 is 0 Å². The minimum Gasteiger partial charge on any atom is -0.340 e. The molecule has 18 heavy (non-hydrogen) atoms. The summed E-state index contributed by atoms with van der Waals surface area (Å²) >= 11 is 0. The van der Waals surface area contributed by atoms with Crippen molar-refractivity contribution in [3.05, 3.63) is 0 Å². The molecule has 1 fully saturated rings. The first-order valence-electron chi connectivity index (χ1n) is 5.11. The number of hydroxylamine groups is 2. The van der Waals surface area contributed by atoms with Crippen LogP contribution in [0.3, 0.4) is 0 Å². The van der Waals surface area contributed by atoms with E-state index in [1.165, 1.54) is 13.8 Å². The van der Waals surface area contributed by atoms with Crippen molar-refractivity contribution in [2.45, 2.75) is 56.9 Å². The zero-order chi connectivity index (χ0) is 14.4. The summed E-state index contributed by atoms with van der Waals surface area (Å²) in [5, 5.41) is 11.6. The second-order valence-electron chi connectivity index (χ2n) is 4.73. The van der Waals surface area contributed by atoms with Gasteiger partial charge in [-0.1, -0.05) is 0 Å². The van der Waals surface area contributed by atoms with E-state index in [9.17, 15) is 31.5 Å². The van der Waals surface area contributed by atoms with Gasteiger partial charge in [-0.3, -0.25) is 0 Å². The molecule has 0 saturated carbocycles. The molecule has 1 rings (SSSR count). The third-order valence-electron chi connectivity index (χ3n) is 2.75. The molecule has 107 valence electrons. The summed E-state index contributed by atoms with van der Waals surface area (Å²) in [6.45, 7) is 2.86. The van der Waals surface area contributed by atoms with Gasteiger partial charge >= 0.3 is 12.4 Å². The lowest BCUT2D eigenvalue weighted by Crippen LogP contribution is -2.50. The molecule has 1 atom stereocenters. The Morgan fingerprint density at radius 2 is 1.61 bits per heavy atom. The molecule has 0 amide bonds. The maximum Gasteiger partial charge on any atom is 0.423 e. The Morgan fingerprint density at radius 3 is 1.89 bits per heavy atom. The third kappa shape index (κ3) is 3.27. The molecule has 1 saturated heterocycles. The van der Waals surface area contributed by atoms with Gasteiger partial charge in [0, 0.05) is 5.54 Å². The van der Waals surface area contributed by atoms with E-state index in [0.29, 0.717) is 0 Å². The van der Waals surface area contributed by atoms with Gasteiger partial charge in [-0.05, 0) is 26.7 Å². The van der Waals surface area contributed by atoms with Crippen molar-refractivity contribution in [3.8, 4) is 0 Å². The number of rotatable bonds is 2. The fourth-order valence-electron chi connectivity index (χ4n) is 1.71. The predicted octanol–water partition coefficient (Wildman–Crippen LogP) is 3.04. The Morgan fingerprint density at radius 1 is 1.17 bits per heavy atom. The second-order valence-corrected chi connectivity index (χ2v) is 4.73. The average Bonchev–Trinajstić information content (AvgIpc) is 2.36. The predicted molar refractivity (Wildman–Crippen MR) is 46.6 cm³/mol. The van der Waals surface area contributed by atoms with Crippen LogP contribution in [0.15, 0.2) is 0 Å². The van der Waals surface area contributed by atoms with Gasteiger partial charge < -0.3 is 4.74 Å². The number of ether oxygens (including phenoxy) is 1. The van der Waals surface area contributed by atoms with Gasteiger partial charge in [0.05, 0.1) is 0 Å². The van der Waals surface area contributed by atoms with Gasteiger partial charge in [-0.25, -0.2) is 0 Å². The van der Waals surface area contributed by atoms with Crippen molar-refractivity contribution < 1.29 is 36.3 Å². The van der Waals surface area contributed by atoms with E-state index in [4.69, 9.17) is 0 Å². The highest BCUT2D eigenvalue weighted by atomic mass is 19.4. The molecule has 0 aliphatic carbocycles. The molecule has 0 aromatic heterocycles. The number of alkyl halides is 6. The van der Waals surface area contributed by atoms with E-state index in [1.54, 1.807) is 0 Å². The molecular weight excluding hydrogens is 268 g/mol. The molecule has 0 bridgehead atoms. The van der Waals surface area contributed by atoms with Crippen LogP contribution in [0, 0.1) is 0 Å². The van der Waals surface area contributed by atoms with Crippen LogP contribution in [0.5, 0.6) is 0 Å². The van der Waals surface area contributed by atoms with Gasteiger partial charge in [0.15, 0.2) is 0 Å². The monoisotopic (exact) mass is 280 g/mol. The summed E-state index contributed by atoms with van der Waals surface area (Å²) < 4.78 is 77.3. The van der Waals surface area contributed by atoms with Crippen LogP contribution in [-0.4, -0.2) is 35.3 Å². The van der Waals surface area contributed by atoms with Crippen LogP contribution in [0.25, 0.3) is 0 Å². The zero-order valence-electron chi connectivity index (χ0n) is 9.60. The lowest BCUT2D eigenvalue weighted by Gasteiger charge is -2.30. The maximum absolute atomic E-state index is 12.2. The molecule has 0 aromatic rings. The molecule has 9 heteroatoms. The van der Waals surface area contributed by atoms with Crippen molar-refractivity contribution in [3.63, 3.8) is 0 Å². The number of nitrogens with zero attached hydrogens (tertiary/aromatic N) is 1. The van der Waals surface area contributed by atoms with Crippen LogP contribution >= 0.6 is 0 Å². The Kier molecular flexibility index (Phi) is 3.91. The number of halogens is 6. The van der Waals surface area contributed by atoms with Gasteiger partial charge in [0.25, 0.3) is 6.10 Å². The minimum absolute atomic E-state index is 0.150. The molecular formula is C9H12F6NO2. The van der Waals surface area contributed by atoms with Crippen LogP contribution < -0.4 is 0 Å². The molecule has 1 aliphatic rings. The topological polar surface area (TPSA) is 32.4 Å². The first-order valence-corrected chi connectivity index (χ1v) is 5.11. The van der Waals surface area contributed by atoms with Crippen LogP contribution in [0.2, 0.25) is 0 Å². The Bertz CT molecular complexity index is 286. The molecule has 0 aromatic carbocycles. The summed E-state index contributed by atoms with van der Waals surface area (Å²) in [5.74, 6) is 0. The molecule has 1 radical (unpaired) electrons. The minimum atomic E-state index is -5.59. The molecule has 1 heterocycles. The molecule has 0 N–H and O–H groups in total. The van der Waals surface area contributed by atoms with E-state index in [-0.39, 0.29) is 17.9 Å². The molecule has 0 spiro atoms. The zero-order valence-corrected chi connectivity index (χ0v) is 9.60. The average molecular weight is 280 g/mol. The molecule has 3 nitrogen and oxygen atoms in total. The standard InChI is InChI=1S/C9H12F6NO2/c1-7(2)4-3-5(16(7)17)18-6(8(10,11)12)9(13,14)15/h5-6H,3-4H2,1-2H3. The Hall–Kier alpha value is -0.540. The smallest absolute Gasteiger partial charge is 0.340 e. The highest BCUT2D eigenvalue weighted by molar-refractivity contribution is 4.87. The fourth-order valence-corrected chi connectivity index (χ4v) is 1.71. The fraction of sp³-hybridized carbons (Fsp3) is 1.00.